The van der Waals surface area contributed by atoms with Gasteiger partial charge < -0.3 is 0 Å². The van der Waals surface area contributed by atoms with Crippen molar-refractivity contribution in [3.63, 3.8) is 0 Å². The zero-order chi connectivity index (χ0) is 15.1. The topological polar surface area (TPSA) is 47.6 Å². The first kappa shape index (κ1) is 12.6. The van der Waals surface area contributed by atoms with E-state index in [4.69, 9.17) is 0 Å². The summed E-state index contributed by atoms with van der Waals surface area (Å²) in [5.74, 6) is -0.260. The van der Waals surface area contributed by atoms with Crippen LogP contribution >= 0.6 is 0 Å². The summed E-state index contributed by atoms with van der Waals surface area (Å²) in [6.45, 7) is 0. The van der Waals surface area contributed by atoms with Crippen LogP contribution in [0.2, 0.25) is 0 Å². The smallest absolute Gasteiger partial charge is 0.0947 e. The molecule has 0 fully saturated rings. The van der Waals surface area contributed by atoms with Crippen molar-refractivity contribution >= 4 is 27.6 Å². The summed E-state index contributed by atoms with van der Waals surface area (Å²) in [5.41, 5.74) is 2.78. The Kier molecular flexibility index (Phi) is 2.71. The van der Waals surface area contributed by atoms with E-state index in [1.54, 1.807) is 0 Å². The van der Waals surface area contributed by atoms with Gasteiger partial charge in [0.15, 0.2) is 0 Å². The lowest BCUT2D eigenvalue weighted by molar-refractivity contribution is 0.854. The molecular formula is C20H12N2. The summed E-state index contributed by atoms with van der Waals surface area (Å²) in [6, 6.07) is 21.1. The first-order chi connectivity index (χ1) is 10.8. The second kappa shape index (κ2) is 4.72. The molecule has 3 aromatic carbocycles. The Balaban J connectivity index is 2.28. The van der Waals surface area contributed by atoms with Crippen LogP contribution in [0.25, 0.3) is 27.6 Å². The van der Waals surface area contributed by atoms with Crippen molar-refractivity contribution in [2.24, 2.45) is 0 Å². The molecule has 2 nitrogen and oxygen atoms in total. The minimum Gasteiger partial charge on any atom is -0.198 e. The minimum atomic E-state index is -0.260. The molecule has 4 rings (SSSR count). The van der Waals surface area contributed by atoms with E-state index in [9.17, 15) is 10.5 Å². The average molecular weight is 280 g/mol. The Morgan fingerprint density at radius 3 is 2.05 bits per heavy atom. The highest BCUT2D eigenvalue weighted by Gasteiger charge is 2.25. The lowest BCUT2D eigenvalue weighted by Gasteiger charge is -2.22. The van der Waals surface area contributed by atoms with Gasteiger partial charge in [-0.05, 0) is 38.7 Å². The van der Waals surface area contributed by atoms with E-state index >= 15 is 0 Å². The normalized spacial score (nSPS) is 16.6. The third-order valence-corrected chi connectivity index (χ3v) is 4.41. The summed E-state index contributed by atoms with van der Waals surface area (Å²) in [6.07, 6.45) is 2.46. The molecule has 3 aromatic rings. The maximum Gasteiger partial charge on any atom is 0.0947 e. The first-order valence-electron chi connectivity index (χ1n) is 7.27. The molecule has 0 saturated heterocycles. The lowest BCUT2D eigenvalue weighted by Crippen LogP contribution is -2.07. The molecule has 0 aromatic heterocycles. The minimum absolute atomic E-state index is 0.260. The van der Waals surface area contributed by atoms with Crippen molar-refractivity contribution in [2.45, 2.75) is 12.3 Å². The van der Waals surface area contributed by atoms with E-state index < -0.39 is 0 Å². The van der Waals surface area contributed by atoms with Crippen LogP contribution in [0.3, 0.4) is 0 Å². The summed E-state index contributed by atoms with van der Waals surface area (Å²) in [5, 5.41) is 23.5. The largest absolute Gasteiger partial charge is 0.198 e. The molecule has 0 heterocycles. The number of nitriles is 2. The van der Waals surface area contributed by atoms with Gasteiger partial charge in [-0.1, -0.05) is 48.5 Å². The van der Waals surface area contributed by atoms with Crippen LogP contribution < -0.4 is 0 Å². The second-order valence-corrected chi connectivity index (χ2v) is 5.59. The number of fused-ring (bicyclic) bond motifs is 6. The van der Waals surface area contributed by atoms with Crippen LogP contribution in [-0.2, 0) is 0 Å². The molecule has 1 aliphatic carbocycles. The van der Waals surface area contributed by atoms with Gasteiger partial charge in [-0.15, -0.1) is 0 Å². The van der Waals surface area contributed by atoms with Gasteiger partial charge in [0.1, 0.15) is 0 Å². The molecule has 22 heavy (non-hydrogen) atoms. The van der Waals surface area contributed by atoms with E-state index in [0.29, 0.717) is 12.0 Å². The molecular weight excluding hydrogens is 268 g/mol. The van der Waals surface area contributed by atoms with E-state index in [1.807, 2.05) is 30.3 Å². The average Bonchev–Trinajstić information content (AvgIpc) is 2.60. The number of allylic oxidation sites excluding steroid dienone is 1. The Morgan fingerprint density at radius 2 is 1.41 bits per heavy atom. The first-order valence-corrected chi connectivity index (χ1v) is 7.27. The van der Waals surface area contributed by atoms with Gasteiger partial charge >= 0.3 is 0 Å². The number of rotatable bonds is 0. The third kappa shape index (κ3) is 1.65. The Labute approximate surface area is 128 Å². The summed E-state index contributed by atoms with van der Waals surface area (Å²) < 4.78 is 0. The third-order valence-electron chi connectivity index (χ3n) is 4.41. The van der Waals surface area contributed by atoms with Crippen LogP contribution in [0, 0.1) is 22.7 Å². The number of nitrogens with zero attached hydrogens (tertiary/aromatic N) is 2. The van der Waals surface area contributed by atoms with Gasteiger partial charge in [0, 0.05) is 12.0 Å². The van der Waals surface area contributed by atoms with Crippen LogP contribution in [0.5, 0.6) is 0 Å². The molecule has 1 aliphatic rings. The summed E-state index contributed by atoms with van der Waals surface area (Å²) in [7, 11) is 0. The van der Waals surface area contributed by atoms with Crippen molar-refractivity contribution in [3.05, 3.63) is 65.2 Å². The Bertz CT molecular complexity index is 1030. The highest BCUT2D eigenvalue weighted by atomic mass is 14.3. The number of hydrogen-bond donors (Lipinski definition) is 0. The van der Waals surface area contributed by atoms with Gasteiger partial charge in [-0.3, -0.25) is 0 Å². The fourth-order valence-corrected chi connectivity index (χ4v) is 3.47. The molecule has 0 spiro atoms. The lowest BCUT2D eigenvalue weighted by atomic mass is 9.79. The second-order valence-electron chi connectivity index (χ2n) is 5.59. The van der Waals surface area contributed by atoms with Gasteiger partial charge in [0.25, 0.3) is 0 Å². The molecule has 1 atom stereocenters. The fraction of sp³-hybridized carbons (Fsp3) is 0.100. The molecule has 0 aliphatic heterocycles. The molecule has 0 saturated carbocycles. The van der Waals surface area contributed by atoms with E-state index in [1.165, 1.54) is 10.8 Å². The van der Waals surface area contributed by atoms with Crippen molar-refractivity contribution in [2.75, 3.05) is 0 Å². The zero-order valence-electron chi connectivity index (χ0n) is 11.9. The van der Waals surface area contributed by atoms with Gasteiger partial charge in [0.2, 0.25) is 0 Å². The predicted octanol–water partition coefficient (Wildman–Crippen LogP) is 4.91. The zero-order valence-corrected chi connectivity index (χ0v) is 11.9. The number of hydrogen-bond acceptors (Lipinski definition) is 2. The molecule has 0 amide bonds. The van der Waals surface area contributed by atoms with Crippen molar-refractivity contribution in [1.29, 1.82) is 10.5 Å². The number of benzene rings is 3. The quantitative estimate of drug-likeness (QED) is 0.549. The van der Waals surface area contributed by atoms with Gasteiger partial charge in [-0.2, -0.15) is 10.5 Å². The van der Waals surface area contributed by atoms with Crippen molar-refractivity contribution in [1.82, 2.24) is 0 Å². The van der Waals surface area contributed by atoms with Crippen molar-refractivity contribution in [3.8, 4) is 12.1 Å². The molecule has 0 radical (unpaired) electrons. The monoisotopic (exact) mass is 280 g/mol. The Hall–Kier alpha value is -3.10. The molecule has 0 bridgehead atoms. The van der Waals surface area contributed by atoms with Crippen LogP contribution in [0.15, 0.2) is 54.1 Å². The Morgan fingerprint density at radius 1 is 0.818 bits per heavy atom. The van der Waals surface area contributed by atoms with Crippen LogP contribution in [0.1, 0.15) is 23.5 Å². The molecule has 1 unspecified atom stereocenters. The highest BCUT2D eigenvalue weighted by molar-refractivity contribution is 6.13. The molecule has 0 N–H and O–H groups in total. The maximum atomic E-state index is 9.60. The summed E-state index contributed by atoms with van der Waals surface area (Å²) in [4.78, 5) is 0. The van der Waals surface area contributed by atoms with E-state index in [2.05, 4.69) is 36.4 Å². The standard InChI is InChI=1S/C20H12N2/c21-11-13-9-14(12-22)20-18-8-4-3-6-16(18)15-5-1-2-7-17(15)19(20)10-13/h1-8,10,14H,9H2. The fourth-order valence-electron chi connectivity index (χ4n) is 3.47. The molecule has 2 heteroatoms. The SMILES string of the molecule is N#CC1=Cc2c(c3ccccc3c3ccccc23)C(C#N)C1. The van der Waals surface area contributed by atoms with Crippen LogP contribution in [0.4, 0.5) is 0 Å². The van der Waals surface area contributed by atoms with Crippen molar-refractivity contribution < 1.29 is 0 Å². The summed E-state index contributed by atoms with van der Waals surface area (Å²) >= 11 is 0. The van der Waals surface area contributed by atoms with Gasteiger partial charge in [0.05, 0.1) is 18.1 Å². The van der Waals surface area contributed by atoms with E-state index in [-0.39, 0.29) is 5.92 Å². The molecule has 102 valence electrons. The van der Waals surface area contributed by atoms with Gasteiger partial charge in [-0.25, -0.2) is 0 Å². The predicted molar refractivity (Wildman–Crippen MR) is 88.0 cm³/mol. The highest BCUT2D eigenvalue weighted by Crippen LogP contribution is 2.42. The van der Waals surface area contributed by atoms with Crippen LogP contribution in [-0.4, -0.2) is 0 Å². The maximum absolute atomic E-state index is 9.60. The van der Waals surface area contributed by atoms with E-state index in [0.717, 1.165) is 21.9 Å².